The SMILES string of the molecule is Cc1c(C)n(C(=O)CSc2nc(-c3ccccc3)c(C#N)c(=O)[nH]2)c2ccccc12. The minimum Gasteiger partial charge on any atom is -0.300 e. The first-order valence-electron chi connectivity index (χ1n) is 9.33. The smallest absolute Gasteiger partial charge is 0.270 e. The standard InChI is InChI=1S/C23H18N4O2S/c1-14-15(2)27(19-11-7-6-10-17(14)19)20(28)13-30-23-25-21(16-8-4-3-5-9-16)18(12-24)22(29)26-23/h3-11H,13H2,1-2H3,(H,25,26,29). The Balaban J connectivity index is 1.66. The number of hydrogen-bond acceptors (Lipinski definition) is 5. The molecule has 0 bridgehead atoms. The average Bonchev–Trinajstić information content (AvgIpc) is 3.02. The van der Waals surface area contributed by atoms with Gasteiger partial charge >= 0.3 is 0 Å². The van der Waals surface area contributed by atoms with Crippen molar-refractivity contribution in [1.29, 1.82) is 5.26 Å². The summed E-state index contributed by atoms with van der Waals surface area (Å²) in [7, 11) is 0. The summed E-state index contributed by atoms with van der Waals surface area (Å²) in [5.74, 6) is -0.00256. The number of carbonyl (C=O) groups is 1. The molecule has 30 heavy (non-hydrogen) atoms. The quantitative estimate of drug-likeness (QED) is 0.397. The van der Waals surface area contributed by atoms with Crippen LogP contribution in [0, 0.1) is 25.2 Å². The van der Waals surface area contributed by atoms with Crippen molar-refractivity contribution in [3.8, 4) is 17.3 Å². The van der Waals surface area contributed by atoms with Gasteiger partial charge in [-0.2, -0.15) is 5.26 Å². The fraction of sp³-hybridized carbons (Fsp3) is 0.130. The number of nitriles is 1. The molecule has 148 valence electrons. The Morgan fingerprint density at radius 2 is 1.83 bits per heavy atom. The van der Waals surface area contributed by atoms with Gasteiger partial charge in [-0.05, 0) is 25.5 Å². The maximum Gasteiger partial charge on any atom is 0.270 e. The van der Waals surface area contributed by atoms with Gasteiger partial charge in [-0.15, -0.1) is 0 Å². The first kappa shape index (κ1) is 19.7. The van der Waals surface area contributed by atoms with Gasteiger partial charge in [-0.3, -0.25) is 14.2 Å². The summed E-state index contributed by atoms with van der Waals surface area (Å²) in [6, 6.07) is 18.8. The van der Waals surface area contributed by atoms with Crippen LogP contribution >= 0.6 is 11.8 Å². The third-order valence-electron chi connectivity index (χ3n) is 5.07. The molecule has 7 heteroatoms. The van der Waals surface area contributed by atoms with Gasteiger partial charge in [-0.25, -0.2) is 4.98 Å². The first-order chi connectivity index (χ1) is 14.5. The van der Waals surface area contributed by atoms with E-state index in [1.807, 2.05) is 62.4 Å². The molecule has 0 fully saturated rings. The Labute approximate surface area is 177 Å². The van der Waals surface area contributed by atoms with Crippen molar-refractivity contribution in [3.05, 3.63) is 81.8 Å². The highest BCUT2D eigenvalue weighted by Gasteiger charge is 2.18. The van der Waals surface area contributed by atoms with Gasteiger partial charge in [0.25, 0.3) is 5.56 Å². The lowest BCUT2D eigenvalue weighted by Gasteiger charge is -2.08. The number of thioether (sulfide) groups is 1. The molecule has 0 radical (unpaired) electrons. The van der Waals surface area contributed by atoms with Crippen molar-refractivity contribution in [1.82, 2.24) is 14.5 Å². The lowest BCUT2D eigenvalue weighted by molar-refractivity contribution is 0.0945. The Hall–Kier alpha value is -3.63. The Morgan fingerprint density at radius 3 is 2.57 bits per heavy atom. The summed E-state index contributed by atoms with van der Waals surface area (Å²) in [6.07, 6.45) is 0. The molecule has 0 saturated carbocycles. The summed E-state index contributed by atoms with van der Waals surface area (Å²) >= 11 is 1.15. The van der Waals surface area contributed by atoms with Gasteiger partial charge in [0, 0.05) is 16.6 Å². The second-order valence-electron chi connectivity index (χ2n) is 6.82. The number of para-hydroxylation sites is 1. The van der Waals surface area contributed by atoms with Crippen molar-refractivity contribution >= 4 is 28.6 Å². The minimum atomic E-state index is -0.514. The minimum absolute atomic E-state index is 0.0419. The highest BCUT2D eigenvalue weighted by atomic mass is 32.2. The topological polar surface area (TPSA) is 91.5 Å². The largest absolute Gasteiger partial charge is 0.300 e. The number of carbonyl (C=O) groups excluding carboxylic acids is 1. The number of benzene rings is 2. The number of aromatic amines is 1. The zero-order valence-electron chi connectivity index (χ0n) is 16.5. The van der Waals surface area contributed by atoms with Crippen molar-refractivity contribution < 1.29 is 4.79 Å². The molecule has 2 heterocycles. The summed E-state index contributed by atoms with van der Waals surface area (Å²) in [6.45, 7) is 3.92. The third-order valence-corrected chi connectivity index (χ3v) is 5.92. The fourth-order valence-electron chi connectivity index (χ4n) is 3.47. The summed E-state index contributed by atoms with van der Waals surface area (Å²) < 4.78 is 1.71. The number of fused-ring (bicyclic) bond motifs is 1. The lowest BCUT2D eigenvalue weighted by atomic mass is 10.1. The number of aryl methyl sites for hydroxylation is 1. The molecule has 4 rings (SSSR count). The molecule has 0 aliphatic heterocycles. The zero-order valence-corrected chi connectivity index (χ0v) is 17.3. The van der Waals surface area contributed by atoms with E-state index in [0.717, 1.165) is 33.9 Å². The molecule has 6 nitrogen and oxygen atoms in total. The van der Waals surface area contributed by atoms with E-state index < -0.39 is 5.56 Å². The molecular weight excluding hydrogens is 396 g/mol. The summed E-state index contributed by atoms with van der Waals surface area (Å²) in [5, 5.41) is 10.7. The molecule has 0 saturated heterocycles. The van der Waals surface area contributed by atoms with Crippen molar-refractivity contribution in [2.24, 2.45) is 0 Å². The van der Waals surface area contributed by atoms with Gasteiger partial charge in [-0.1, -0.05) is 60.3 Å². The maximum atomic E-state index is 13.0. The molecule has 1 N–H and O–H groups in total. The van der Waals surface area contributed by atoms with Crippen LogP contribution in [0.1, 0.15) is 21.6 Å². The fourth-order valence-corrected chi connectivity index (χ4v) is 4.18. The van der Waals surface area contributed by atoms with E-state index in [2.05, 4.69) is 9.97 Å². The number of rotatable bonds is 4. The van der Waals surface area contributed by atoms with Gasteiger partial charge in [0.15, 0.2) is 5.16 Å². The van der Waals surface area contributed by atoms with E-state index in [1.54, 1.807) is 16.7 Å². The normalized spacial score (nSPS) is 10.8. The molecule has 0 aliphatic carbocycles. The summed E-state index contributed by atoms with van der Waals surface area (Å²) in [5.41, 5.74) is 3.27. The van der Waals surface area contributed by atoms with Crippen molar-refractivity contribution in [2.75, 3.05) is 5.75 Å². The van der Waals surface area contributed by atoms with Crippen LogP contribution in [-0.2, 0) is 0 Å². The second-order valence-corrected chi connectivity index (χ2v) is 7.78. The van der Waals surface area contributed by atoms with Crippen molar-refractivity contribution in [2.45, 2.75) is 19.0 Å². The highest BCUT2D eigenvalue weighted by Crippen LogP contribution is 2.26. The maximum absolute atomic E-state index is 13.0. The Bertz CT molecular complexity index is 1360. The predicted octanol–water partition coefficient (Wildman–Crippen LogP) is 4.31. The monoisotopic (exact) mass is 414 g/mol. The van der Waals surface area contributed by atoms with Crippen LogP contribution < -0.4 is 5.56 Å². The van der Waals surface area contributed by atoms with Crippen LogP contribution in [0.4, 0.5) is 0 Å². The van der Waals surface area contributed by atoms with Gasteiger partial charge in [0.05, 0.1) is 17.0 Å². The van der Waals surface area contributed by atoms with E-state index >= 15 is 0 Å². The number of nitrogens with one attached hydrogen (secondary N) is 1. The van der Waals surface area contributed by atoms with Crippen LogP contribution in [0.15, 0.2) is 64.5 Å². The lowest BCUT2D eigenvalue weighted by Crippen LogP contribution is -2.17. The average molecular weight is 414 g/mol. The number of aromatic nitrogens is 3. The third kappa shape index (κ3) is 3.42. The van der Waals surface area contributed by atoms with Gasteiger partial charge in [0.2, 0.25) is 5.91 Å². The summed E-state index contributed by atoms with van der Waals surface area (Å²) in [4.78, 5) is 32.5. The molecule has 0 amide bonds. The molecule has 0 spiro atoms. The second kappa shape index (κ2) is 8.01. The Morgan fingerprint density at radius 1 is 1.13 bits per heavy atom. The number of H-pyrrole nitrogens is 1. The molecule has 2 aromatic heterocycles. The van der Waals surface area contributed by atoms with Crippen LogP contribution in [0.5, 0.6) is 0 Å². The zero-order chi connectivity index (χ0) is 21.3. The van der Waals surface area contributed by atoms with E-state index in [0.29, 0.717) is 16.4 Å². The molecule has 0 unspecified atom stereocenters. The van der Waals surface area contributed by atoms with Crippen LogP contribution in [-0.4, -0.2) is 26.2 Å². The van der Waals surface area contributed by atoms with E-state index in [-0.39, 0.29) is 17.2 Å². The predicted molar refractivity (Wildman–Crippen MR) is 118 cm³/mol. The Kier molecular flexibility index (Phi) is 5.25. The molecule has 0 aliphatic rings. The van der Waals surface area contributed by atoms with Gasteiger partial charge in [0.1, 0.15) is 11.6 Å². The van der Waals surface area contributed by atoms with E-state index in [4.69, 9.17) is 0 Å². The highest BCUT2D eigenvalue weighted by molar-refractivity contribution is 7.99. The first-order valence-corrected chi connectivity index (χ1v) is 10.3. The van der Waals surface area contributed by atoms with Gasteiger partial charge < -0.3 is 4.98 Å². The molecule has 2 aromatic carbocycles. The molecule has 0 atom stereocenters. The number of nitrogens with zero attached hydrogens (tertiary/aromatic N) is 3. The van der Waals surface area contributed by atoms with Crippen LogP contribution in [0.3, 0.4) is 0 Å². The van der Waals surface area contributed by atoms with Crippen LogP contribution in [0.2, 0.25) is 0 Å². The molecular formula is C23H18N4O2S. The molecule has 4 aromatic rings. The van der Waals surface area contributed by atoms with E-state index in [1.165, 1.54) is 0 Å². The van der Waals surface area contributed by atoms with E-state index in [9.17, 15) is 14.9 Å². The number of hydrogen-bond donors (Lipinski definition) is 1. The van der Waals surface area contributed by atoms with Crippen molar-refractivity contribution in [3.63, 3.8) is 0 Å². The van der Waals surface area contributed by atoms with Crippen LogP contribution in [0.25, 0.3) is 22.2 Å².